The Bertz CT molecular complexity index is 1030. The highest BCUT2D eigenvalue weighted by atomic mass is 16.2. The first kappa shape index (κ1) is 20.3. The van der Waals surface area contributed by atoms with Gasteiger partial charge in [0, 0.05) is 30.2 Å². The summed E-state index contributed by atoms with van der Waals surface area (Å²) < 4.78 is 0. The summed E-state index contributed by atoms with van der Waals surface area (Å²) in [5.41, 5.74) is 4.24. The smallest absolute Gasteiger partial charge is 0.274 e. The molecule has 3 aromatic rings. The standard InChI is InChI=1S/C24H25N3O2/c1-16(2)20-12-8-9-17(3)22(20)26-23(28)21-15-18(13-14-25-21)24(29)27(4)19-10-6-5-7-11-19/h5-16H,1-4H3,(H,26,28). The molecule has 148 valence electrons. The van der Waals surface area contributed by atoms with Crippen molar-refractivity contribution in [1.29, 1.82) is 0 Å². The summed E-state index contributed by atoms with van der Waals surface area (Å²) in [6.07, 6.45) is 1.49. The number of nitrogens with zero attached hydrogens (tertiary/aromatic N) is 2. The number of para-hydroxylation sites is 2. The van der Waals surface area contributed by atoms with E-state index in [2.05, 4.69) is 24.1 Å². The van der Waals surface area contributed by atoms with Crippen LogP contribution >= 0.6 is 0 Å². The number of hydrogen-bond acceptors (Lipinski definition) is 3. The Morgan fingerprint density at radius 1 is 1.00 bits per heavy atom. The summed E-state index contributed by atoms with van der Waals surface area (Å²) in [6, 6.07) is 18.5. The van der Waals surface area contributed by atoms with E-state index in [1.54, 1.807) is 18.0 Å². The van der Waals surface area contributed by atoms with Gasteiger partial charge in [-0.1, -0.05) is 50.2 Å². The number of benzene rings is 2. The number of nitrogens with one attached hydrogen (secondary N) is 1. The molecular formula is C24H25N3O2. The molecule has 0 saturated heterocycles. The Hall–Kier alpha value is -3.47. The molecule has 2 aromatic carbocycles. The minimum atomic E-state index is -0.335. The second-order valence-corrected chi connectivity index (χ2v) is 7.28. The lowest BCUT2D eigenvalue weighted by Gasteiger charge is -2.18. The van der Waals surface area contributed by atoms with E-state index in [0.717, 1.165) is 22.5 Å². The lowest BCUT2D eigenvalue weighted by molar-refractivity contribution is 0.0993. The van der Waals surface area contributed by atoms with Gasteiger partial charge in [0.25, 0.3) is 11.8 Å². The predicted octanol–water partition coefficient (Wildman–Crippen LogP) is 5.04. The molecule has 0 unspecified atom stereocenters. The van der Waals surface area contributed by atoms with Gasteiger partial charge >= 0.3 is 0 Å². The summed E-state index contributed by atoms with van der Waals surface area (Å²) in [5.74, 6) is -0.268. The zero-order chi connectivity index (χ0) is 21.0. The van der Waals surface area contributed by atoms with Crippen molar-refractivity contribution in [3.05, 3.63) is 89.2 Å². The van der Waals surface area contributed by atoms with Crippen molar-refractivity contribution in [3.63, 3.8) is 0 Å². The van der Waals surface area contributed by atoms with Gasteiger partial charge in [-0.05, 0) is 48.2 Å². The molecular weight excluding hydrogens is 362 g/mol. The van der Waals surface area contributed by atoms with Crippen LogP contribution in [0.25, 0.3) is 0 Å². The van der Waals surface area contributed by atoms with Crippen molar-refractivity contribution >= 4 is 23.2 Å². The topological polar surface area (TPSA) is 62.3 Å². The molecule has 0 saturated carbocycles. The van der Waals surface area contributed by atoms with Crippen molar-refractivity contribution in [2.45, 2.75) is 26.7 Å². The maximum absolute atomic E-state index is 12.9. The summed E-state index contributed by atoms with van der Waals surface area (Å²) in [5, 5.41) is 2.98. The Balaban J connectivity index is 1.85. The van der Waals surface area contributed by atoms with Crippen molar-refractivity contribution in [2.24, 2.45) is 0 Å². The highest BCUT2D eigenvalue weighted by molar-refractivity contribution is 6.09. The first-order valence-corrected chi connectivity index (χ1v) is 9.58. The van der Waals surface area contributed by atoms with Gasteiger partial charge in [0.15, 0.2) is 0 Å². The Labute approximate surface area is 171 Å². The average Bonchev–Trinajstić information content (AvgIpc) is 2.74. The maximum Gasteiger partial charge on any atom is 0.274 e. The molecule has 0 radical (unpaired) electrons. The normalized spacial score (nSPS) is 10.7. The molecule has 1 aromatic heterocycles. The van der Waals surface area contributed by atoms with E-state index in [1.807, 2.05) is 55.5 Å². The number of carbonyl (C=O) groups is 2. The van der Waals surface area contributed by atoms with Crippen LogP contribution in [0.15, 0.2) is 66.9 Å². The highest BCUT2D eigenvalue weighted by Crippen LogP contribution is 2.27. The summed E-state index contributed by atoms with van der Waals surface area (Å²) in [7, 11) is 1.71. The van der Waals surface area contributed by atoms with Crippen LogP contribution < -0.4 is 10.2 Å². The van der Waals surface area contributed by atoms with Crippen LogP contribution in [0.1, 0.15) is 51.7 Å². The molecule has 0 bridgehead atoms. The third-order valence-corrected chi connectivity index (χ3v) is 4.85. The molecule has 0 fully saturated rings. The number of carbonyl (C=O) groups excluding carboxylic acids is 2. The Morgan fingerprint density at radius 3 is 2.41 bits per heavy atom. The van der Waals surface area contributed by atoms with Gasteiger partial charge in [0.05, 0.1) is 0 Å². The lowest BCUT2D eigenvalue weighted by atomic mass is 9.98. The van der Waals surface area contributed by atoms with E-state index in [9.17, 15) is 9.59 Å². The molecule has 1 N–H and O–H groups in total. The largest absolute Gasteiger partial charge is 0.320 e. The van der Waals surface area contributed by atoms with Gasteiger partial charge in [0.2, 0.25) is 0 Å². The van der Waals surface area contributed by atoms with E-state index >= 15 is 0 Å². The summed E-state index contributed by atoms with van der Waals surface area (Å²) in [4.78, 5) is 31.4. The number of rotatable bonds is 5. The van der Waals surface area contributed by atoms with Gasteiger partial charge < -0.3 is 10.2 Å². The average molecular weight is 387 g/mol. The number of aromatic nitrogens is 1. The summed E-state index contributed by atoms with van der Waals surface area (Å²) >= 11 is 0. The van der Waals surface area contributed by atoms with Crippen molar-refractivity contribution in [3.8, 4) is 0 Å². The Kier molecular flexibility index (Phi) is 6.07. The molecule has 5 heteroatoms. The first-order valence-electron chi connectivity index (χ1n) is 9.58. The number of aryl methyl sites for hydroxylation is 1. The van der Waals surface area contributed by atoms with Crippen LogP contribution in [-0.2, 0) is 0 Å². The molecule has 5 nitrogen and oxygen atoms in total. The molecule has 2 amide bonds. The lowest BCUT2D eigenvalue weighted by Crippen LogP contribution is -2.26. The molecule has 0 aliphatic rings. The zero-order valence-electron chi connectivity index (χ0n) is 17.1. The van der Waals surface area contributed by atoms with E-state index in [0.29, 0.717) is 5.56 Å². The highest BCUT2D eigenvalue weighted by Gasteiger charge is 2.18. The minimum Gasteiger partial charge on any atom is -0.320 e. The van der Waals surface area contributed by atoms with Crippen LogP contribution in [0.2, 0.25) is 0 Å². The monoisotopic (exact) mass is 387 g/mol. The van der Waals surface area contributed by atoms with Crippen LogP contribution in [-0.4, -0.2) is 23.8 Å². The number of hydrogen-bond donors (Lipinski definition) is 1. The second kappa shape index (κ2) is 8.69. The van der Waals surface area contributed by atoms with Crippen molar-refractivity contribution in [2.75, 3.05) is 17.3 Å². The fraction of sp³-hybridized carbons (Fsp3) is 0.208. The molecule has 0 aliphatic heterocycles. The minimum absolute atomic E-state index is 0.202. The SMILES string of the molecule is Cc1cccc(C(C)C)c1NC(=O)c1cc(C(=O)N(C)c2ccccc2)ccn1. The van der Waals surface area contributed by atoms with E-state index in [1.165, 1.54) is 12.3 Å². The third kappa shape index (κ3) is 4.51. The van der Waals surface area contributed by atoms with E-state index < -0.39 is 0 Å². The van der Waals surface area contributed by atoms with E-state index in [-0.39, 0.29) is 23.4 Å². The fourth-order valence-electron chi connectivity index (χ4n) is 3.17. The maximum atomic E-state index is 12.9. The first-order chi connectivity index (χ1) is 13.9. The molecule has 0 aliphatic carbocycles. The molecule has 0 atom stereocenters. The van der Waals surface area contributed by atoms with Crippen LogP contribution in [0.3, 0.4) is 0 Å². The van der Waals surface area contributed by atoms with Crippen molar-refractivity contribution in [1.82, 2.24) is 4.98 Å². The van der Waals surface area contributed by atoms with Gasteiger partial charge in [-0.3, -0.25) is 14.6 Å². The predicted molar refractivity (Wildman–Crippen MR) is 117 cm³/mol. The molecule has 0 spiro atoms. The second-order valence-electron chi connectivity index (χ2n) is 7.28. The zero-order valence-corrected chi connectivity index (χ0v) is 17.1. The Morgan fingerprint density at radius 2 is 1.72 bits per heavy atom. The number of pyridine rings is 1. The van der Waals surface area contributed by atoms with Crippen LogP contribution in [0.5, 0.6) is 0 Å². The fourth-order valence-corrected chi connectivity index (χ4v) is 3.17. The number of amides is 2. The molecule has 1 heterocycles. The van der Waals surface area contributed by atoms with Crippen LogP contribution in [0.4, 0.5) is 11.4 Å². The van der Waals surface area contributed by atoms with Gasteiger partial charge in [-0.25, -0.2) is 0 Å². The third-order valence-electron chi connectivity index (χ3n) is 4.85. The van der Waals surface area contributed by atoms with Crippen LogP contribution in [0, 0.1) is 6.92 Å². The van der Waals surface area contributed by atoms with Gasteiger partial charge in [0.1, 0.15) is 5.69 Å². The molecule has 3 rings (SSSR count). The number of anilines is 2. The van der Waals surface area contributed by atoms with Gasteiger partial charge in [-0.2, -0.15) is 0 Å². The van der Waals surface area contributed by atoms with Crippen molar-refractivity contribution < 1.29 is 9.59 Å². The quantitative estimate of drug-likeness (QED) is 0.667. The molecule has 29 heavy (non-hydrogen) atoms. The van der Waals surface area contributed by atoms with E-state index in [4.69, 9.17) is 0 Å². The summed E-state index contributed by atoms with van der Waals surface area (Å²) in [6.45, 7) is 6.13. The van der Waals surface area contributed by atoms with Gasteiger partial charge in [-0.15, -0.1) is 0 Å².